The summed E-state index contributed by atoms with van der Waals surface area (Å²) < 4.78 is 0. The lowest BCUT2D eigenvalue weighted by Gasteiger charge is -1.99. The van der Waals surface area contributed by atoms with E-state index in [0.717, 1.165) is 16.7 Å². The van der Waals surface area contributed by atoms with Crippen molar-refractivity contribution in [1.29, 1.82) is 5.26 Å². The number of nitrogens with one attached hydrogen (secondary N) is 1. The largest absolute Gasteiger partial charge is 0.247 e. The maximum atomic E-state index is 9.03. The number of aromatic nitrogens is 3. The Morgan fingerprint density at radius 1 is 1.05 bits per heavy atom. The molecule has 3 aromatic rings. The zero-order valence-corrected chi connectivity index (χ0v) is 12.2. The van der Waals surface area contributed by atoms with Crippen molar-refractivity contribution in [3.05, 3.63) is 70.4 Å². The molecule has 0 saturated heterocycles. The average Bonchev–Trinajstić information content (AvgIpc) is 3.03. The Morgan fingerprint density at radius 2 is 1.82 bits per heavy atom. The highest BCUT2D eigenvalue weighted by molar-refractivity contribution is 6.30. The summed E-state index contributed by atoms with van der Waals surface area (Å²) in [5.41, 5.74) is 3.85. The quantitative estimate of drug-likeness (QED) is 0.739. The molecule has 3 rings (SSSR count). The van der Waals surface area contributed by atoms with E-state index in [1.807, 2.05) is 66.8 Å². The van der Waals surface area contributed by atoms with E-state index in [-0.39, 0.29) is 0 Å². The molecular weight excluding hydrogens is 296 g/mol. The number of aromatic amines is 1. The molecule has 0 aliphatic heterocycles. The van der Waals surface area contributed by atoms with Crippen molar-refractivity contribution >= 4 is 23.8 Å². The highest BCUT2D eigenvalue weighted by Crippen LogP contribution is 2.21. The fourth-order valence-electron chi connectivity index (χ4n) is 2.06. The standard InChI is InChI=1S/C17H11ClN4/c18-15-8-6-12(7-9-15)4-5-13-2-1-3-14(10-13)17-16(11-19)20-22-21-17/h1-10H,(H,20,21,22)/b5-4+. The van der Waals surface area contributed by atoms with Crippen LogP contribution in [0.3, 0.4) is 0 Å². The van der Waals surface area contributed by atoms with Crippen LogP contribution in [0.25, 0.3) is 23.4 Å². The lowest BCUT2D eigenvalue weighted by Crippen LogP contribution is -1.83. The second-order valence-corrected chi connectivity index (χ2v) is 5.09. The summed E-state index contributed by atoms with van der Waals surface area (Å²) in [5.74, 6) is 0. The van der Waals surface area contributed by atoms with Gasteiger partial charge < -0.3 is 0 Å². The first-order valence-electron chi connectivity index (χ1n) is 6.61. The van der Waals surface area contributed by atoms with Gasteiger partial charge in [0, 0.05) is 10.6 Å². The zero-order chi connectivity index (χ0) is 15.4. The molecule has 0 unspecified atom stereocenters. The van der Waals surface area contributed by atoms with Gasteiger partial charge in [-0.2, -0.15) is 5.26 Å². The van der Waals surface area contributed by atoms with Crippen LogP contribution in [0.4, 0.5) is 0 Å². The van der Waals surface area contributed by atoms with Gasteiger partial charge in [0.2, 0.25) is 0 Å². The minimum absolute atomic E-state index is 0.360. The smallest absolute Gasteiger partial charge is 0.163 e. The molecule has 1 aromatic heterocycles. The average molecular weight is 307 g/mol. The van der Waals surface area contributed by atoms with Crippen LogP contribution in [0.15, 0.2) is 48.5 Å². The number of H-pyrrole nitrogens is 1. The Balaban J connectivity index is 1.89. The predicted octanol–water partition coefficient (Wildman–Crippen LogP) is 4.17. The highest BCUT2D eigenvalue weighted by atomic mass is 35.5. The number of nitrogens with zero attached hydrogens (tertiary/aromatic N) is 3. The van der Waals surface area contributed by atoms with E-state index in [0.29, 0.717) is 16.4 Å². The van der Waals surface area contributed by atoms with Gasteiger partial charge in [-0.1, -0.05) is 59.3 Å². The molecule has 0 amide bonds. The number of hydrogen-bond donors (Lipinski definition) is 1. The summed E-state index contributed by atoms with van der Waals surface area (Å²) in [6.45, 7) is 0. The number of rotatable bonds is 3. The second-order valence-electron chi connectivity index (χ2n) is 4.66. The lowest BCUT2D eigenvalue weighted by atomic mass is 10.1. The van der Waals surface area contributed by atoms with Crippen LogP contribution in [0.5, 0.6) is 0 Å². The first kappa shape index (κ1) is 14.1. The van der Waals surface area contributed by atoms with Crippen molar-refractivity contribution in [3.8, 4) is 17.3 Å². The molecule has 0 atom stereocenters. The minimum Gasteiger partial charge on any atom is -0.247 e. The maximum Gasteiger partial charge on any atom is 0.163 e. The molecule has 0 radical (unpaired) electrons. The van der Waals surface area contributed by atoms with E-state index in [4.69, 9.17) is 16.9 Å². The molecular formula is C17H11ClN4. The van der Waals surface area contributed by atoms with Crippen LogP contribution in [0.2, 0.25) is 5.02 Å². The maximum absolute atomic E-state index is 9.03. The fraction of sp³-hybridized carbons (Fsp3) is 0. The third-order valence-electron chi connectivity index (χ3n) is 3.16. The lowest BCUT2D eigenvalue weighted by molar-refractivity contribution is 0.937. The summed E-state index contributed by atoms with van der Waals surface area (Å²) in [6.07, 6.45) is 4.00. The van der Waals surface area contributed by atoms with E-state index in [2.05, 4.69) is 15.4 Å². The number of benzene rings is 2. The zero-order valence-electron chi connectivity index (χ0n) is 11.5. The number of halogens is 1. The first-order valence-corrected chi connectivity index (χ1v) is 6.99. The second kappa shape index (κ2) is 6.25. The Bertz CT molecular complexity index is 857. The first-order chi connectivity index (χ1) is 10.8. The van der Waals surface area contributed by atoms with Gasteiger partial charge in [-0.05, 0) is 29.3 Å². The van der Waals surface area contributed by atoms with Crippen LogP contribution >= 0.6 is 11.6 Å². The van der Waals surface area contributed by atoms with Gasteiger partial charge in [-0.3, -0.25) is 0 Å². The topological polar surface area (TPSA) is 65.4 Å². The summed E-state index contributed by atoms with van der Waals surface area (Å²) in [6, 6.07) is 17.4. The Morgan fingerprint density at radius 3 is 2.59 bits per heavy atom. The fourth-order valence-corrected chi connectivity index (χ4v) is 2.19. The third-order valence-corrected chi connectivity index (χ3v) is 3.41. The molecule has 0 aliphatic carbocycles. The molecule has 0 saturated carbocycles. The van der Waals surface area contributed by atoms with Crippen molar-refractivity contribution in [2.75, 3.05) is 0 Å². The summed E-state index contributed by atoms with van der Waals surface area (Å²) in [7, 11) is 0. The highest BCUT2D eigenvalue weighted by Gasteiger charge is 2.08. The van der Waals surface area contributed by atoms with Crippen molar-refractivity contribution in [2.24, 2.45) is 0 Å². The molecule has 2 aromatic carbocycles. The van der Waals surface area contributed by atoms with Crippen LogP contribution in [-0.4, -0.2) is 15.4 Å². The van der Waals surface area contributed by atoms with Gasteiger partial charge >= 0.3 is 0 Å². The van der Waals surface area contributed by atoms with E-state index < -0.39 is 0 Å². The summed E-state index contributed by atoms with van der Waals surface area (Å²) in [5, 5.41) is 20.0. The van der Waals surface area contributed by atoms with Crippen molar-refractivity contribution in [3.63, 3.8) is 0 Å². The van der Waals surface area contributed by atoms with Gasteiger partial charge in [0.15, 0.2) is 5.69 Å². The molecule has 1 heterocycles. The van der Waals surface area contributed by atoms with E-state index in [1.165, 1.54) is 0 Å². The molecule has 0 bridgehead atoms. The molecule has 0 aliphatic rings. The molecule has 106 valence electrons. The summed E-state index contributed by atoms with van der Waals surface area (Å²) in [4.78, 5) is 0. The van der Waals surface area contributed by atoms with Crippen LogP contribution in [-0.2, 0) is 0 Å². The van der Waals surface area contributed by atoms with Gasteiger partial charge in [-0.25, -0.2) is 5.10 Å². The van der Waals surface area contributed by atoms with Crippen molar-refractivity contribution in [1.82, 2.24) is 15.4 Å². The molecule has 0 spiro atoms. The van der Waals surface area contributed by atoms with Crippen molar-refractivity contribution < 1.29 is 0 Å². The molecule has 5 heteroatoms. The summed E-state index contributed by atoms with van der Waals surface area (Å²) >= 11 is 5.87. The van der Waals surface area contributed by atoms with Gasteiger partial charge in [0.05, 0.1) is 0 Å². The van der Waals surface area contributed by atoms with Crippen LogP contribution in [0.1, 0.15) is 16.8 Å². The van der Waals surface area contributed by atoms with E-state index in [9.17, 15) is 0 Å². The van der Waals surface area contributed by atoms with E-state index in [1.54, 1.807) is 0 Å². The molecule has 22 heavy (non-hydrogen) atoms. The Kier molecular flexibility index (Phi) is 3.99. The normalized spacial score (nSPS) is 10.7. The van der Waals surface area contributed by atoms with E-state index >= 15 is 0 Å². The third kappa shape index (κ3) is 3.05. The monoisotopic (exact) mass is 306 g/mol. The van der Waals surface area contributed by atoms with Gasteiger partial charge in [-0.15, -0.1) is 5.10 Å². The molecule has 0 fully saturated rings. The predicted molar refractivity (Wildman–Crippen MR) is 86.9 cm³/mol. The minimum atomic E-state index is 0.360. The Labute approximate surface area is 132 Å². The molecule has 1 N–H and O–H groups in total. The van der Waals surface area contributed by atoms with Crippen LogP contribution < -0.4 is 0 Å². The van der Waals surface area contributed by atoms with Gasteiger partial charge in [0.1, 0.15) is 11.8 Å². The van der Waals surface area contributed by atoms with Crippen LogP contribution in [0, 0.1) is 11.3 Å². The number of nitriles is 1. The SMILES string of the molecule is N#Cc1[nH]nnc1-c1cccc(/C=C/c2ccc(Cl)cc2)c1. The Hall–Kier alpha value is -2.90. The van der Waals surface area contributed by atoms with Crippen molar-refractivity contribution in [2.45, 2.75) is 0 Å². The van der Waals surface area contributed by atoms with Gasteiger partial charge in [0.25, 0.3) is 0 Å². The number of hydrogen-bond acceptors (Lipinski definition) is 3. The molecule has 4 nitrogen and oxygen atoms in total.